The van der Waals surface area contributed by atoms with Crippen LogP contribution in [-0.4, -0.2) is 12.0 Å². The molecule has 0 bridgehead atoms. The first-order chi connectivity index (χ1) is 13.9. The molecule has 1 aliphatic rings. The fourth-order valence-electron chi connectivity index (χ4n) is 4.31. The average molecular weight is 414 g/mol. The molecule has 2 aromatic rings. The normalized spacial score (nSPS) is 16.9. The maximum absolute atomic E-state index is 13.5. The maximum atomic E-state index is 13.5. The second kappa shape index (κ2) is 9.21. The minimum Gasteiger partial charge on any atom is -0.490 e. The molecule has 2 aromatic carbocycles. The molecule has 29 heavy (non-hydrogen) atoms. The van der Waals surface area contributed by atoms with E-state index in [4.69, 9.17) is 16.3 Å². The summed E-state index contributed by atoms with van der Waals surface area (Å²) in [5.74, 6) is 0.997. The number of rotatable bonds is 6. The molecule has 0 radical (unpaired) electrons. The topological polar surface area (TPSA) is 38.3 Å². The van der Waals surface area contributed by atoms with Crippen molar-refractivity contribution in [3.05, 3.63) is 58.1 Å². The highest BCUT2D eigenvalue weighted by Crippen LogP contribution is 2.41. The number of halogens is 1. The van der Waals surface area contributed by atoms with Gasteiger partial charge in [-0.25, -0.2) is 0 Å². The smallest absolute Gasteiger partial charge is 0.235 e. The predicted molar refractivity (Wildman–Crippen MR) is 121 cm³/mol. The van der Waals surface area contributed by atoms with Crippen LogP contribution in [0.2, 0.25) is 5.02 Å². The van der Waals surface area contributed by atoms with Crippen LogP contribution in [0.3, 0.4) is 0 Å². The number of aryl methyl sites for hydroxylation is 2. The van der Waals surface area contributed by atoms with Gasteiger partial charge in [-0.1, -0.05) is 49.9 Å². The van der Waals surface area contributed by atoms with Crippen molar-refractivity contribution >= 4 is 23.2 Å². The Bertz CT molecular complexity index is 831. The number of anilines is 1. The summed E-state index contributed by atoms with van der Waals surface area (Å²) in [4.78, 5) is 13.5. The molecule has 0 aliphatic heterocycles. The Balaban J connectivity index is 1.87. The fraction of sp³-hybridized carbons (Fsp3) is 0.480. The van der Waals surface area contributed by atoms with Crippen LogP contribution in [0.25, 0.3) is 0 Å². The van der Waals surface area contributed by atoms with Crippen molar-refractivity contribution in [2.24, 2.45) is 0 Å². The average Bonchev–Trinajstić information content (AvgIpc) is 2.71. The SMILES string of the molecule is CC[C@@H](C)Oc1c(C)cc(NC(=O)C2(c3ccc(Cl)cc3)CCCCC2)cc1C. The molecule has 156 valence electrons. The molecule has 4 heteroatoms. The highest BCUT2D eigenvalue weighted by Gasteiger charge is 2.41. The third-order valence-electron chi connectivity index (χ3n) is 6.15. The third kappa shape index (κ3) is 4.78. The molecule has 1 atom stereocenters. The van der Waals surface area contributed by atoms with Crippen molar-refractivity contribution in [2.75, 3.05) is 5.32 Å². The molecule has 1 fully saturated rings. The van der Waals surface area contributed by atoms with Gasteiger partial charge in [0.05, 0.1) is 11.5 Å². The number of benzene rings is 2. The lowest BCUT2D eigenvalue weighted by atomic mass is 9.68. The molecule has 3 nitrogen and oxygen atoms in total. The second-order valence-electron chi connectivity index (χ2n) is 8.38. The van der Waals surface area contributed by atoms with Gasteiger partial charge in [0.25, 0.3) is 0 Å². The van der Waals surface area contributed by atoms with Crippen LogP contribution in [0, 0.1) is 13.8 Å². The number of hydrogen-bond donors (Lipinski definition) is 1. The summed E-state index contributed by atoms with van der Waals surface area (Å²) in [7, 11) is 0. The van der Waals surface area contributed by atoms with Gasteiger partial charge in [-0.2, -0.15) is 0 Å². The first-order valence-corrected chi connectivity index (χ1v) is 11.1. The highest BCUT2D eigenvalue weighted by molar-refractivity contribution is 6.30. The highest BCUT2D eigenvalue weighted by atomic mass is 35.5. The largest absolute Gasteiger partial charge is 0.490 e. The minimum absolute atomic E-state index is 0.0777. The van der Waals surface area contributed by atoms with Crippen LogP contribution in [0.1, 0.15) is 69.1 Å². The molecule has 1 aliphatic carbocycles. The van der Waals surface area contributed by atoms with Gasteiger partial charge >= 0.3 is 0 Å². The summed E-state index contributed by atoms with van der Waals surface area (Å²) in [5, 5.41) is 3.91. The number of carbonyl (C=O) groups is 1. The van der Waals surface area contributed by atoms with Crippen LogP contribution in [0.4, 0.5) is 5.69 Å². The van der Waals surface area contributed by atoms with E-state index in [2.05, 4.69) is 19.2 Å². The maximum Gasteiger partial charge on any atom is 0.235 e. The molecule has 1 amide bonds. The first kappa shape index (κ1) is 21.7. The lowest BCUT2D eigenvalue weighted by molar-refractivity contribution is -0.122. The molecule has 3 rings (SSSR count). The van der Waals surface area contributed by atoms with Gasteiger partial charge in [0.1, 0.15) is 5.75 Å². The van der Waals surface area contributed by atoms with Gasteiger partial charge in [-0.3, -0.25) is 4.79 Å². The zero-order chi connectivity index (χ0) is 21.0. The molecule has 0 heterocycles. The Morgan fingerprint density at radius 1 is 1.10 bits per heavy atom. The fourth-order valence-corrected chi connectivity index (χ4v) is 4.44. The van der Waals surface area contributed by atoms with Crippen LogP contribution in [0.5, 0.6) is 5.75 Å². The molecule has 1 saturated carbocycles. The van der Waals surface area contributed by atoms with E-state index in [-0.39, 0.29) is 12.0 Å². The number of hydrogen-bond acceptors (Lipinski definition) is 2. The zero-order valence-electron chi connectivity index (χ0n) is 18.0. The number of ether oxygens (including phenoxy) is 1. The van der Waals surface area contributed by atoms with Crippen molar-refractivity contribution in [3.63, 3.8) is 0 Å². The van der Waals surface area contributed by atoms with E-state index in [1.807, 2.05) is 50.2 Å². The van der Waals surface area contributed by atoms with Crippen molar-refractivity contribution in [1.82, 2.24) is 0 Å². The summed E-state index contributed by atoms with van der Waals surface area (Å²) in [6.45, 7) is 8.27. The molecular formula is C25H32ClNO2. The summed E-state index contributed by atoms with van der Waals surface area (Å²) >= 11 is 6.09. The molecule has 0 unspecified atom stereocenters. The minimum atomic E-state index is -0.490. The van der Waals surface area contributed by atoms with E-state index < -0.39 is 5.41 Å². The molecular weight excluding hydrogens is 382 g/mol. The van der Waals surface area contributed by atoms with Gasteiger partial charge < -0.3 is 10.1 Å². The van der Waals surface area contributed by atoms with Crippen LogP contribution >= 0.6 is 11.6 Å². The summed E-state index contributed by atoms with van der Waals surface area (Å²) in [6, 6.07) is 11.8. The second-order valence-corrected chi connectivity index (χ2v) is 8.82. The van der Waals surface area contributed by atoms with E-state index in [9.17, 15) is 4.79 Å². The third-order valence-corrected chi connectivity index (χ3v) is 6.40. The van der Waals surface area contributed by atoms with E-state index in [0.29, 0.717) is 5.02 Å². The van der Waals surface area contributed by atoms with Crippen LogP contribution in [-0.2, 0) is 10.2 Å². The summed E-state index contributed by atoms with van der Waals surface area (Å²) in [6.07, 6.45) is 6.18. The van der Waals surface area contributed by atoms with Crippen LogP contribution < -0.4 is 10.1 Å². The number of carbonyl (C=O) groups excluding carboxylic acids is 1. The van der Waals surface area contributed by atoms with Crippen molar-refractivity contribution in [1.29, 1.82) is 0 Å². The van der Waals surface area contributed by atoms with E-state index in [1.54, 1.807) is 0 Å². The number of nitrogens with one attached hydrogen (secondary N) is 1. The Hall–Kier alpha value is -2.00. The lowest BCUT2D eigenvalue weighted by Crippen LogP contribution is -2.42. The Labute approximate surface area is 179 Å². The molecule has 0 aromatic heterocycles. The van der Waals surface area contributed by atoms with Gasteiger partial charge in [0, 0.05) is 10.7 Å². The molecule has 0 spiro atoms. The zero-order valence-corrected chi connectivity index (χ0v) is 18.7. The Kier molecular flexibility index (Phi) is 6.89. The van der Waals surface area contributed by atoms with Gasteiger partial charge in [0.15, 0.2) is 0 Å². The quantitative estimate of drug-likeness (QED) is 0.554. The van der Waals surface area contributed by atoms with E-state index >= 15 is 0 Å². The van der Waals surface area contributed by atoms with E-state index in [0.717, 1.165) is 60.2 Å². The van der Waals surface area contributed by atoms with Crippen molar-refractivity contribution < 1.29 is 9.53 Å². The lowest BCUT2D eigenvalue weighted by Gasteiger charge is -2.36. The van der Waals surface area contributed by atoms with Crippen LogP contribution in [0.15, 0.2) is 36.4 Å². The molecule has 1 N–H and O–H groups in total. The standard InChI is InChI=1S/C25H32ClNO2/c1-5-19(4)29-23-17(2)15-22(16-18(23)3)27-24(28)25(13-7-6-8-14-25)20-9-11-21(26)12-10-20/h9-12,15-16,19H,5-8,13-14H2,1-4H3,(H,27,28)/t19-/m1/s1. The monoisotopic (exact) mass is 413 g/mol. The van der Waals surface area contributed by atoms with Crippen molar-refractivity contribution in [2.45, 2.75) is 77.7 Å². The van der Waals surface area contributed by atoms with Gasteiger partial charge in [-0.15, -0.1) is 0 Å². The van der Waals surface area contributed by atoms with Gasteiger partial charge in [-0.05, 0) is 81.0 Å². The summed E-state index contributed by atoms with van der Waals surface area (Å²) in [5.41, 5.74) is 3.50. The van der Waals surface area contributed by atoms with Crippen molar-refractivity contribution in [3.8, 4) is 5.75 Å². The predicted octanol–water partition coefficient (Wildman–Crippen LogP) is 6.97. The number of amides is 1. The summed E-state index contributed by atoms with van der Waals surface area (Å²) < 4.78 is 6.08. The molecule has 0 saturated heterocycles. The van der Waals surface area contributed by atoms with Gasteiger partial charge in [0.2, 0.25) is 5.91 Å². The first-order valence-electron chi connectivity index (χ1n) is 10.7. The Morgan fingerprint density at radius 3 is 2.24 bits per heavy atom. The Morgan fingerprint density at radius 2 is 1.69 bits per heavy atom. The van der Waals surface area contributed by atoms with E-state index in [1.165, 1.54) is 6.42 Å².